The highest BCUT2D eigenvalue weighted by Crippen LogP contribution is 2.26. The first kappa shape index (κ1) is 12.6. The molecule has 2 rings (SSSR count). The number of hydrogen-bond acceptors (Lipinski definition) is 1. The average molecular weight is 231 g/mol. The molecule has 1 N–H and O–H groups in total. The second-order valence-corrected chi connectivity index (χ2v) is 5.38. The molecule has 1 aliphatic carbocycles. The summed E-state index contributed by atoms with van der Waals surface area (Å²) >= 11 is 0. The van der Waals surface area contributed by atoms with Crippen LogP contribution in [0.3, 0.4) is 0 Å². The second kappa shape index (κ2) is 6.80. The minimum Gasteiger partial charge on any atom is -0.310 e. The van der Waals surface area contributed by atoms with E-state index in [-0.39, 0.29) is 0 Å². The van der Waals surface area contributed by atoms with Crippen molar-refractivity contribution in [2.45, 2.75) is 51.5 Å². The van der Waals surface area contributed by atoms with Gasteiger partial charge in [0.1, 0.15) is 0 Å². The Labute approximate surface area is 106 Å². The molecule has 1 heteroatoms. The van der Waals surface area contributed by atoms with E-state index in [0.717, 1.165) is 5.92 Å². The van der Waals surface area contributed by atoms with Crippen molar-refractivity contribution in [3.63, 3.8) is 0 Å². The van der Waals surface area contributed by atoms with Crippen molar-refractivity contribution in [1.82, 2.24) is 5.32 Å². The van der Waals surface area contributed by atoms with E-state index in [1.165, 1.54) is 50.6 Å². The van der Waals surface area contributed by atoms with Crippen molar-refractivity contribution < 1.29 is 0 Å². The lowest BCUT2D eigenvalue weighted by atomic mass is 9.87. The van der Waals surface area contributed by atoms with Crippen molar-refractivity contribution in [2.75, 3.05) is 6.54 Å². The van der Waals surface area contributed by atoms with Gasteiger partial charge in [-0.05, 0) is 31.4 Å². The molecular weight excluding hydrogens is 206 g/mol. The maximum Gasteiger partial charge on any atom is 0.0291 e. The van der Waals surface area contributed by atoms with E-state index in [9.17, 15) is 0 Å². The molecule has 0 saturated heterocycles. The quantitative estimate of drug-likeness (QED) is 0.796. The van der Waals surface area contributed by atoms with Gasteiger partial charge in [-0.2, -0.15) is 0 Å². The fraction of sp³-hybridized carbons (Fsp3) is 0.625. The third-order valence-electron chi connectivity index (χ3n) is 4.03. The summed E-state index contributed by atoms with van der Waals surface area (Å²) in [6, 6.07) is 11.2. The van der Waals surface area contributed by atoms with Crippen LogP contribution in [0, 0.1) is 5.92 Å². The fourth-order valence-corrected chi connectivity index (χ4v) is 2.84. The molecule has 0 aliphatic heterocycles. The highest BCUT2D eigenvalue weighted by molar-refractivity contribution is 5.17. The van der Waals surface area contributed by atoms with E-state index in [4.69, 9.17) is 0 Å². The SMILES string of the molecule is C[C@H](NCCC1CCCCC1)c1ccccc1. The van der Waals surface area contributed by atoms with E-state index in [0.29, 0.717) is 6.04 Å². The van der Waals surface area contributed by atoms with Crippen LogP contribution < -0.4 is 5.32 Å². The number of rotatable bonds is 5. The van der Waals surface area contributed by atoms with Crippen molar-refractivity contribution in [3.8, 4) is 0 Å². The van der Waals surface area contributed by atoms with E-state index in [2.05, 4.69) is 42.6 Å². The summed E-state index contributed by atoms with van der Waals surface area (Å²) in [7, 11) is 0. The Balaban J connectivity index is 1.67. The smallest absolute Gasteiger partial charge is 0.0291 e. The van der Waals surface area contributed by atoms with Gasteiger partial charge in [-0.15, -0.1) is 0 Å². The van der Waals surface area contributed by atoms with E-state index in [1.54, 1.807) is 0 Å². The molecule has 0 radical (unpaired) electrons. The zero-order valence-electron chi connectivity index (χ0n) is 11.0. The number of nitrogens with one attached hydrogen (secondary N) is 1. The van der Waals surface area contributed by atoms with E-state index in [1.807, 2.05) is 0 Å². The molecule has 1 saturated carbocycles. The Hall–Kier alpha value is -0.820. The lowest BCUT2D eigenvalue weighted by Crippen LogP contribution is -2.22. The van der Waals surface area contributed by atoms with Crippen molar-refractivity contribution in [1.29, 1.82) is 0 Å². The Morgan fingerprint density at radius 2 is 1.82 bits per heavy atom. The predicted molar refractivity (Wildman–Crippen MR) is 74.1 cm³/mol. The standard InChI is InChI=1S/C16H25N/c1-14(16-10-6-3-7-11-16)17-13-12-15-8-4-2-5-9-15/h3,6-7,10-11,14-15,17H,2,4-5,8-9,12-13H2,1H3/t14-/m0/s1. The normalized spacial score (nSPS) is 19.1. The maximum absolute atomic E-state index is 3.65. The third-order valence-corrected chi connectivity index (χ3v) is 4.03. The Morgan fingerprint density at radius 3 is 2.53 bits per heavy atom. The largest absolute Gasteiger partial charge is 0.310 e. The molecule has 1 aliphatic rings. The minimum absolute atomic E-state index is 0.486. The molecule has 0 spiro atoms. The molecule has 0 bridgehead atoms. The monoisotopic (exact) mass is 231 g/mol. The van der Waals surface area contributed by atoms with Crippen LogP contribution in [0.15, 0.2) is 30.3 Å². The van der Waals surface area contributed by atoms with Crippen LogP contribution in [-0.4, -0.2) is 6.54 Å². The first-order valence-electron chi connectivity index (χ1n) is 7.14. The summed E-state index contributed by atoms with van der Waals surface area (Å²) in [6.45, 7) is 3.43. The molecule has 17 heavy (non-hydrogen) atoms. The van der Waals surface area contributed by atoms with Crippen LogP contribution in [0.1, 0.15) is 57.1 Å². The van der Waals surface area contributed by atoms with Gasteiger partial charge in [-0.25, -0.2) is 0 Å². The molecule has 1 nitrogen and oxygen atoms in total. The average Bonchev–Trinajstić information content (AvgIpc) is 2.41. The molecule has 0 heterocycles. The van der Waals surface area contributed by atoms with E-state index < -0.39 is 0 Å². The van der Waals surface area contributed by atoms with E-state index >= 15 is 0 Å². The molecule has 0 aromatic heterocycles. The Bertz CT molecular complexity index is 301. The van der Waals surface area contributed by atoms with Crippen LogP contribution in [0.4, 0.5) is 0 Å². The molecule has 0 unspecified atom stereocenters. The van der Waals surface area contributed by atoms with Crippen molar-refractivity contribution >= 4 is 0 Å². The zero-order valence-corrected chi connectivity index (χ0v) is 11.0. The molecule has 1 atom stereocenters. The molecular formula is C16H25N. The molecule has 1 aromatic carbocycles. The van der Waals surface area contributed by atoms with Gasteiger partial charge in [0.25, 0.3) is 0 Å². The van der Waals surface area contributed by atoms with Crippen molar-refractivity contribution in [3.05, 3.63) is 35.9 Å². The van der Waals surface area contributed by atoms with Gasteiger partial charge in [-0.3, -0.25) is 0 Å². The van der Waals surface area contributed by atoms with Gasteiger partial charge in [0.2, 0.25) is 0 Å². The lowest BCUT2D eigenvalue weighted by molar-refractivity contribution is 0.329. The fourth-order valence-electron chi connectivity index (χ4n) is 2.84. The lowest BCUT2D eigenvalue weighted by Gasteiger charge is -2.22. The van der Waals surface area contributed by atoms with Gasteiger partial charge < -0.3 is 5.32 Å². The van der Waals surface area contributed by atoms with Crippen molar-refractivity contribution in [2.24, 2.45) is 5.92 Å². The first-order chi connectivity index (χ1) is 8.36. The molecule has 1 aromatic rings. The highest BCUT2D eigenvalue weighted by Gasteiger charge is 2.13. The topological polar surface area (TPSA) is 12.0 Å². The van der Waals surface area contributed by atoms with Gasteiger partial charge in [-0.1, -0.05) is 62.4 Å². The summed E-state index contributed by atoms with van der Waals surface area (Å²) < 4.78 is 0. The second-order valence-electron chi connectivity index (χ2n) is 5.38. The number of hydrogen-bond donors (Lipinski definition) is 1. The minimum atomic E-state index is 0.486. The van der Waals surface area contributed by atoms with Gasteiger partial charge in [0, 0.05) is 6.04 Å². The summed E-state index contributed by atoms with van der Waals surface area (Å²) in [6.07, 6.45) is 8.65. The third kappa shape index (κ3) is 4.16. The molecule has 1 fully saturated rings. The highest BCUT2D eigenvalue weighted by atomic mass is 14.9. The molecule has 0 amide bonds. The maximum atomic E-state index is 3.65. The first-order valence-corrected chi connectivity index (χ1v) is 7.14. The van der Waals surface area contributed by atoms with Crippen LogP contribution in [0.25, 0.3) is 0 Å². The summed E-state index contributed by atoms with van der Waals surface area (Å²) in [5.41, 5.74) is 1.40. The Kier molecular flexibility index (Phi) is 5.06. The molecule has 94 valence electrons. The van der Waals surface area contributed by atoms with Crippen LogP contribution in [0.2, 0.25) is 0 Å². The summed E-state index contributed by atoms with van der Waals surface area (Å²) in [4.78, 5) is 0. The van der Waals surface area contributed by atoms with Gasteiger partial charge in [0.05, 0.1) is 0 Å². The summed E-state index contributed by atoms with van der Waals surface area (Å²) in [5.74, 6) is 0.985. The predicted octanol–water partition coefficient (Wildman–Crippen LogP) is 4.31. The summed E-state index contributed by atoms with van der Waals surface area (Å²) in [5, 5.41) is 3.65. The van der Waals surface area contributed by atoms with Crippen LogP contribution in [-0.2, 0) is 0 Å². The Morgan fingerprint density at radius 1 is 1.12 bits per heavy atom. The zero-order chi connectivity index (χ0) is 11.9. The van der Waals surface area contributed by atoms with Crippen LogP contribution in [0.5, 0.6) is 0 Å². The van der Waals surface area contributed by atoms with Crippen LogP contribution >= 0.6 is 0 Å². The van der Waals surface area contributed by atoms with Gasteiger partial charge in [0.15, 0.2) is 0 Å². The number of benzene rings is 1. The van der Waals surface area contributed by atoms with Gasteiger partial charge >= 0.3 is 0 Å².